The van der Waals surface area contributed by atoms with Gasteiger partial charge in [-0.1, -0.05) is 38.0 Å². The number of para-hydroxylation sites is 1. The zero-order valence-electron chi connectivity index (χ0n) is 16.1. The third kappa shape index (κ3) is 3.92. The van der Waals surface area contributed by atoms with E-state index in [9.17, 15) is 14.9 Å². The summed E-state index contributed by atoms with van der Waals surface area (Å²) in [4.78, 5) is 30.8. The third-order valence-electron chi connectivity index (χ3n) is 5.07. The lowest BCUT2D eigenvalue weighted by Gasteiger charge is -2.21. The van der Waals surface area contributed by atoms with E-state index in [1.165, 1.54) is 18.3 Å². The largest absolute Gasteiger partial charge is 0.458 e. The van der Waals surface area contributed by atoms with Crippen molar-refractivity contribution in [3.8, 4) is 6.07 Å². The molecule has 0 N–H and O–H groups in total. The summed E-state index contributed by atoms with van der Waals surface area (Å²) in [7, 11) is 0. The number of carbonyl (C=O) groups excluding carboxylic acids is 2. The number of carbonyl (C=O) groups is 2. The lowest BCUT2D eigenvalue weighted by molar-refractivity contribution is -0.153. The number of aryl methyl sites for hydroxylation is 1. The van der Waals surface area contributed by atoms with Crippen LogP contribution in [0.3, 0.4) is 0 Å². The summed E-state index contributed by atoms with van der Waals surface area (Å²) in [5.74, 6) is -0.602. The highest BCUT2D eigenvalue weighted by molar-refractivity contribution is 7.14. The quantitative estimate of drug-likeness (QED) is 0.669. The van der Waals surface area contributed by atoms with Crippen LogP contribution in [0.25, 0.3) is 0 Å². The number of nitrogens with zero attached hydrogens (tertiary/aromatic N) is 3. The summed E-state index contributed by atoms with van der Waals surface area (Å²) < 4.78 is 5.39. The van der Waals surface area contributed by atoms with E-state index in [-0.39, 0.29) is 12.5 Å². The highest BCUT2D eigenvalue weighted by atomic mass is 32.1. The smallest absolute Gasteiger partial charge is 0.326 e. The average molecular weight is 398 g/mol. The van der Waals surface area contributed by atoms with Crippen molar-refractivity contribution in [2.24, 2.45) is 5.41 Å². The van der Waals surface area contributed by atoms with Crippen molar-refractivity contribution in [1.82, 2.24) is 4.98 Å². The normalized spacial score (nSPS) is 15.0. The summed E-state index contributed by atoms with van der Waals surface area (Å²) in [5.41, 5.74) is 1.42. The van der Waals surface area contributed by atoms with Crippen molar-refractivity contribution in [2.75, 3.05) is 4.90 Å². The minimum atomic E-state index is -1.01. The molecule has 3 rings (SSSR count). The number of nitriles is 1. The molecule has 146 valence electrons. The van der Waals surface area contributed by atoms with Gasteiger partial charge >= 0.3 is 5.97 Å². The SMILES string of the molecule is CCc1ccccc1N(C(C)=O)c1nc(COC(=O)C2(C#N)CCCC2)cs1. The van der Waals surface area contributed by atoms with Crippen LogP contribution in [0.4, 0.5) is 10.8 Å². The van der Waals surface area contributed by atoms with Crippen LogP contribution < -0.4 is 4.90 Å². The molecule has 28 heavy (non-hydrogen) atoms. The zero-order chi connectivity index (χ0) is 20.1. The molecule has 0 atom stereocenters. The summed E-state index contributed by atoms with van der Waals surface area (Å²) in [5, 5.41) is 11.7. The molecule has 1 aliphatic carbocycles. The van der Waals surface area contributed by atoms with Crippen molar-refractivity contribution in [3.05, 3.63) is 40.9 Å². The van der Waals surface area contributed by atoms with Gasteiger partial charge in [-0.3, -0.25) is 14.5 Å². The van der Waals surface area contributed by atoms with Crippen LogP contribution in [0, 0.1) is 16.7 Å². The van der Waals surface area contributed by atoms with Crippen LogP contribution in [0.2, 0.25) is 0 Å². The van der Waals surface area contributed by atoms with Crippen LogP contribution in [0.5, 0.6) is 0 Å². The third-order valence-corrected chi connectivity index (χ3v) is 5.95. The molecule has 0 bridgehead atoms. The number of hydrogen-bond acceptors (Lipinski definition) is 6. The molecule has 1 aromatic heterocycles. The molecule has 1 saturated carbocycles. The molecule has 0 radical (unpaired) electrons. The van der Waals surface area contributed by atoms with Gasteiger partial charge in [-0.15, -0.1) is 11.3 Å². The summed E-state index contributed by atoms with van der Waals surface area (Å²) in [6.07, 6.45) is 3.64. The maximum atomic E-state index is 12.4. The second-order valence-corrected chi connectivity index (χ2v) is 7.77. The number of benzene rings is 1. The molecule has 1 aliphatic rings. The Kier molecular flexibility index (Phi) is 6.10. The highest BCUT2D eigenvalue weighted by Crippen LogP contribution is 2.39. The van der Waals surface area contributed by atoms with E-state index in [2.05, 4.69) is 11.1 Å². The van der Waals surface area contributed by atoms with Crippen LogP contribution >= 0.6 is 11.3 Å². The number of hydrogen-bond donors (Lipinski definition) is 0. The van der Waals surface area contributed by atoms with Gasteiger partial charge in [0.15, 0.2) is 10.5 Å². The lowest BCUT2D eigenvalue weighted by Crippen LogP contribution is -2.28. The fourth-order valence-electron chi connectivity index (χ4n) is 3.52. The molecule has 0 unspecified atom stereocenters. The van der Waals surface area contributed by atoms with Gasteiger partial charge in [0.25, 0.3) is 0 Å². The zero-order valence-corrected chi connectivity index (χ0v) is 16.9. The molecule has 1 aromatic carbocycles. The van der Waals surface area contributed by atoms with Gasteiger partial charge in [0.1, 0.15) is 6.61 Å². The van der Waals surface area contributed by atoms with Crippen molar-refractivity contribution in [2.45, 2.75) is 52.6 Å². The number of aromatic nitrogens is 1. The minimum Gasteiger partial charge on any atom is -0.458 e. The molecule has 2 aromatic rings. The fourth-order valence-corrected chi connectivity index (χ4v) is 4.38. The van der Waals surface area contributed by atoms with Crippen molar-refractivity contribution in [1.29, 1.82) is 5.26 Å². The van der Waals surface area contributed by atoms with Crippen molar-refractivity contribution >= 4 is 34.0 Å². The van der Waals surface area contributed by atoms with Gasteiger partial charge in [-0.2, -0.15) is 5.26 Å². The number of anilines is 2. The maximum Gasteiger partial charge on any atom is 0.326 e. The van der Waals surface area contributed by atoms with Crippen molar-refractivity contribution in [3.63, 3.8) is 0 Å². The topological polar surface area (TPSA) is 83.3 Å². The molecule has 1 amide bonds. The molecular formula is C21H23N3O3S. The monoisotopic (exact) mass is 397 g/mol. The Morgan fingerprint density at radius 2 is 2.04 bits per heavy atom. The number of rotatable bonds is 6. The van der Waals surface area contributed by atoms with E-state index in [1.807, 2.05) is 31.2 Å². The first-order valence-electron chi connectivity index (χ1n) is 9.42. The molecule has 7 heteroatoms. The van der Waals surface area contributed by atoms with E-state index in [0.717, 1.165) is 30.5 Å². The van der Waals surface area contributed by atoms with Gasteiger partial charge in [-0.25, -0.2) is 4.98 Å². The van der Waals surface area contributed by atoms with Gasteiger partial charge in [0, 0.05) is 12.3 Å². The first kappa shape index (κ1) is 20.0. The summed E-state index contributed by atoms with van der Waals surface area (Å²) in [6, 6.07) is 9.87. The van der Waals surface area contributed by atoms with Crippen LogP contribution in [0.15, 0.2) is 29.6 Å². The highest BCUT2D eigenvalue weighted by Gasteiger charge is 2.43. The Labute approximate surface area is 168 Å². The predicted octanol–water partition coefficient (Wildman–Crippen LogP) is 4.52. The second-order valence-electron chi connectivity index (χ2n) is 6.94. The Balaban J connectivity index is 1.76. The van der Waals surface area contributed by atoms with Gasteiger partial charge in [-0.05, 0) is 30.9 Å². The summed E-state index contributed by atoms with van der Waals surface area (Å²) in [6.45, 7) is 3.54. The minimum absolute atomic E-state index is 0.0000668. The number of thiazole rings is 1. The Hall–Kier alpha value is -2.72. The molecule has 6 nitrogen and oxygen atoms in total. The second kappa shape index (κ2) is 8.53. The van der Waals surface area contributed by atoms with Crippen molar-refractivity contribution < 1.29 is 14.3 Å². The predicted molar refractivity (Wildman–Crippen MR) is 107 cm³/mol. The standard InChI is InChI=1S/C21H23N3O3S/c1-3-16-8-4-5-9-18(16)24(15(2)25)20-23-17(13-28-20)12-27-19(26)21(14-22)10-6-7-11-21/h4-5,8-9,13H,3,6-7,10-12H2,1-2H3. The fraction of sp³-hybridized carbons (Fsp3) is 0.429. The van der Waals surface area contributed by atoms with Crippen LogP contribution in [-0.2, 0) is 27.4 Å². The molecule has 0 aliphatic heterocycles. The first-order valence-corrected chi connectivity index (χ1v) is 10.3. The Bertz CT molecular complexity index is 910. The van der Waals surface area contributed by atoms with Gasteiger partial charge in [0.05, 0.1) is 17.5 Å². The summed E-state index contributed by atoms with van der Waals surface area (Å²) >= 11 is 1.33. The van der Waals surface area contributed by atoms with Gasteiger partial charge < -0.3 is 4.74 Å². The molecular weight excluding hydrogens is 374 g/mol. The van der Waals surface area contributed by atoms with E-state index >= 15 is 0 Å². The van der Waals surface area contributed by atoms with E-state index in [4.69, 9.17) is 4.74 Å². The maximum absolute atomic E-state index is 12.4. The number of amides is 1. The lowest BCUT2D eigenvalue weighted by atomic mass is 9.88. The molecule has 0 saturated heterocycles. The molecule has 1 heterocycles. The van der Waals surface area contributed by atoms with Crippen LogP contribution in [0.1, 0.15) is 50.8 Å². The number of esters is 1. The van der Waals surface area contributed by atoms with Crippen LogP contribution in [-0.4, -0.2) is 16.9 Å². The van der Waals surface area contributed by atoms with E-state index in [0.29, 0.717) is 23.7 Å². The van der Waals surface area contributed by atoms with E-state index in [1.54, 1.807) is 10.3 Å². The Morgan fingerprint density at radius 1 is 1.32 bits per heavy atom. The molecule has 1 fully saturated rings. The average Bonchev–Trinajstić information content (AvgIpc) is 3.37. The molecule has 0 spiro atoms. The Morgan fingerprint density at radius 3 is 2.68 bits per heavy atom. The van der Waals surface area contributed by atoms with E-state index < -0.39 is 11.4 Å². The first-order chi connectivity index (χ1) is 13.5. The number of ether oxygens (including phenoxy) is 1. The van der Waals surface area contributed by atoms with Gasteiger partial charge in [0.2, 0.25) is 5.91 Å².